The molecule has 0 aliphatic carbocycles. The Kier molecular flexibility index (Phi) is 3.91. The first-order chi connectivity index (χ1) is 6.20. The van der Waals surface area contributed by atoms with Crippen molar-refractivity contribution in [1.82, 2.24) is 19.5 Å². The molecule has 2 heterocycles. The Balaban J connectivity index is 0.000000132. The number of hydrogen-bond donors (Lipinski definition) is 3. The SMILES string of the molecule is Cn1ccnc1S.Sc1ncc[nH]1. The van der Waals surface area contributed by atoms with E-state index in [-0.39, 0.29) is 0 Å². The van der Waals surface area contributed by atoms with Gasteiger partial charge < -0.3 is 9.55 Å². The van der Waals surface area contributed by atoms with Gasteiger partial charge in [-0.25, -0.2) is 9.97 Å². The van der Waals surface area contributed by atoms with Crippen LogP contribution in [-0.4, -0.2) is 19.5 Å². The molecule has 0 bridgehead atoms. The van der Waals surface area contributed by atoms with E-state index in [1.54, 1.807) is 18.6 Å². The summed E-state index contributed by atoms with van der Waals surface area (Å²) in [5.41, 5.74) is 0. The molecule has 0 unspecified atom stereocenters. The van der Waals surface area contributed by atoms with E-state index >= 15 is 0 Å². The fourth-order valence-electron chi connectivity index (χ4n) is 0.615. The minimum Gasteiger partial charge on any atom is -0.340 e. The third kappa shape index (κ3) is 3.56. The molecule has 2 rings (SSSR count). The van der Waals surface area contributed by atoms with Gasteiger partial charge in [-0.3, -0.25) is 0 Å². The van der Waals surface area contributed by atoms with Gasteiger partial charge in [0.15, 0.2) is 10.3 Å². The summed E-state index contributed by atoms with van der Waals surface area (Å²) in [6.07, 6.45) is 6.94. The third-order valence-electron chi connectivity index (χ3n) is 1.28. The van der Waals surface area contributed by atoms with Crippen LogP contribution in [0.25, 0.3) is 0 Å². The van der Waals surface area contributed by atoms with Crippen molar-refractivity contribution in [2.75, 3.05) is 0 Å². The normalized spacial score (nSPS) is 9.15. The Hall–Kier alpha value is -0.880. The zero-order valence-electron chi connectivity index (χ0n) is 7.05. The largest absolute Gasteiger partial charge is 0.340 e. The van der Waals surface area contributed by atoms with Gasteiger partial charge in [-0.15, -0.1) is 25.3 Å². The Bertz CT molecular complexity index is 325. The molecule has 70 valence electrons. The van der Waals surface area contributed by atoms with Crippen LogP contribution in [0.1, 0.15) is 0 Å². The van der Waals surface area contributed by atoms with E-state index in [0.717, 1.165) is 5.16 Å². The maximum Gasteiger partial charge on any atom is 0.164 e. The van der Waals surface area contributed by atoms with Crippen molar-refractivity contribution in [3.63, 3.8) is 0 Å². The fourth-order valence-corrected chi connectivity index (χ4v) is 0.889. The average Bonchev–Trinajstić information content (AvgIpc) is 2.67. The molecule has 0 radical (unpaired) electrons. The van der Waals surface area contributed by atoms with Crippen molar-refractivity contribution in [2.24, 2.45) is 7.05 Å². The molecule has 0 atom stereocenters. The van der Waals surface area contributed by atoms with Gasteiger partial charge in [0, 0.05) is 31.8 Å². The highest BCUT2D eigenvalue weighted by atomic mass is 32.1. The second kappa shape index (κ2) is 4.98. The number of thiol groups is 2. The number of rotatable bonds is 0. The maximum atomic E-state index is 4.00. The third-order valence-corrected chi connectivity index (χ3v) is 1.96. The van der Waals surface area contributed by atoms with Gasteiger partial charge in [0.2, 0.25) is 0 Å². The molecule has 2 aromatic rings. The van der Waals surface area contributed by atoms with Crippen LogP contribution in [0.3, 0.4) is 0 Å². The van der Waals surface area contributed by atoms with Gasteiger partial charge in [0.1, 0.15) is 0 Å². The lowest BCUT2D eigenvalue weighted by Crippen LogP contribution is -1.83. The van der Waals surface area contributed by atoms with Crippen LogP contribution >= 0.6 is 25.3 Å². The summed E-state index contributed by atoms with van der Waals surface area (Å²) in [6, 6.07) is 0. The zero-order chi connectivity index (χ0) is 9.68. The maximum absolute atomic E-state index is 4.00. The molecule has 0 fully saturated rings. The van der Waals surface area contributed by atoms with Crippen LogP contribution in [-0.2, 0) is 7.05 Å². The molecule has 4 nitrogen and oxygen atoms in total. The second-order valence-corrected chi connectivity index (χ2v) is 3.07. The van der Waals surface area contributed by atoms with Crippen LogP contribution in [0, 0.1) is 0 Å². The predicted octanol–water partition coefficient (Wildman–Crippen LogP) is 1.41. The van der Waals surface area contributed by atoms with E-state index < -0.39 is 0 Å². The van der Waals surface area contributed by atoms with Crippen molar-refractivity contribution in [2.45, 2.75) is 10.3 Å². The number of H-pyrrole nitrogens is 1. The molecule has 0 aromatic carbocycles. The van der Waals surface area contributed by atoms with E-state index in [1.165, 1.54) is 0 Å². The lowest BCUT2D eigenvalue weighted by atomic mass is 10.9. The van der Waals surface area contributed by atoms with Gasteiger partial charge in [0.25, 0.3) is 0 Å². The van der Waals surface area contributed by atoms with Gasteiger partial charge in [-0.1, -0.05) is 0 Å². The first-order valence-electron chi connectivity index (χ1n) is 3.55. The average molecular weight is 214 g/mol. The molecule has 0 saturated heterocycles. The molecule has 0 aliphatic heterocycles. The summed E-state index contributed by atoms with van der Waals surface area (Å²) < 4.78 is 1.84. The number of aromatic amines is 1. The molecule has 13 heavy (non-hydrogen) atoms. The topological polar surface area (TPSA) is 46.5 Å². The van der Waals surface area contributed by atoms with E-state index in [0.29, 0.717) is 5.16 Å². The minimum atomic E-state index is 0.662. The molecule has 1 N–H and O–H groups in total. The van der Waals surface area contributed by atoms with Gasteiger partial charge >= 0.3 is 0 Å². The smallest absolute Gasteiger partial charge is 0.164 e. The van der Waals surface area contributed by atoms with Gasteiger partial charge in [0.05, 0.1) is 0 Å². The predicted molar refractivity (Wildman–Crippen MR) is 56.3 cm³/mol. The lowest BCUT2D eigenvalue weighted by molar-refractivity contribution is 0.794. The van der Waals surface area contributed by atoms with Crippen molar-refractivity contribution < 1.29 is 0 Å². The summed E-state index contributed by atoms with van der Waals surface area (Å²) >= 11 is 7.87. The van der Waals surface area contributed by atoms with Gasteiger partial charge in [-0.05, 0) is 0 Å². The molecule has 0 saturated carbocycles. The highest BCUT2D eigenvalue weighted by Gasteiger charge is 1.85. The summed E-state index contributed by atoms with van der Waals surface area (Å²) in [7, 11) is 1.90. The highest BCUT2D eigenvalue weighted by molar-refractivity contribution is 7.80. The molecular formula is C7H10N4S2. The molecular weight excluding hydrogens is 204 g/mol. The Morgan fingerprint density at radius 3 is 2.23 bits per heavy atom. The Labute approximate surface area is 87.2 Å². The van der Waals surface area contributed by atoms with Crippen LogP contribution in [0.5, 0.6) is 0 Å². The molecule has 0 spiro atoms. The van der Waals surface area contributed by atoms with Crippen LogP contribution < -0.4 is 0 Å². The summed E-state index contributed by atoms with van der Waals surface area (Å²) in [4.78, 5) is 10.3. The molecule has 0 amide bonds. The number of imidazole rings is 2. The Morgan fingerprint density at radius 2 is 2.08 bits per heavy atom. The summed E-state index contributed by atoms with van der Waals surface area (Å²) in [5.74, 6) is 0. The standard InChI is InChI=1S/C4H6N2S.C3H4N2S/c1-6-3-2-5-4(6)7;6-3-4-1-2-5-3/h2-3H,1H3,(H,5,7);1-2H,(H2,4,5,6). The first-order valence-corrected chi connectivity index (χ1v) is 4.44. The monoisotopic (exact) mass is 214 g/mol. The summed E-state index contributed by atoms with van der Waals surface area (Å²) in [5, 5.41) is 1.41. The van der Waals surface area contributed by atoms with Crippen molar-refractivity contribution in [3.8, 4) is 0 Å². The van der Waals surface area contributed by atoms with Crippen LogP contribution in [0.2, 0.25) is 0 Å². The van der Waals surface area contributed by atoms with Crippen molar-refractivity contribution >= 4 is 25.3 Å². The first kappa shape index (κ1) is 10.2. The minimum absolute atomic E-state index is 0.662. The zero-order valence-corrected chi connectivity index (χ0v) is 8.83. The van der Waals surface area contributed by atoms with E-state index in [2.05, 4.69) is 40.2 Å². The number of nitrogens with zero attached hydrogens (tertiary/aromatic N) is 3. The fraction of sp³-hybridized carbons (Fsp3) is 0.143. The number of hydrogen-bond acceptors (Lipinski definition) is 4. The van der Waals surface area contributed by atoms with Crippen LogP contribution in [0.15, 0.2) is 35.1 Å². The van der Waals surface area contributed by atoms with E-state index in [4.69, 9.17) is 0 Å². The Morgan fingerprint density at radius 1 is 1.31 bits per heavy atom. The van der Waals surface area contributed by atoms with Crippen molar-refractivity contribution in [1.29, 1.82) is 0 Å². The van der Waals surface area contributed by atoms with Crippen LogP contribution in [0.4, 0.5) is 0 Å². The van der Waals surface area contributed by atoms with E-state index in [9.17, 15) is 0 Å². The molecule has 6 heteroatoms. The van der Waals surface area contributed by atoms with Crippen molar-refractivity contribution in [3.05, 3.63) is 24.8 Å². The number of nitrogens with one attached hydrogen (secondary N) is 1. The number of aryl methyl sites for hydroxylation is 1. The summed E-state index contributed by atoms with van der Waals surface area (Å²) in [6.45, 7) is 0. The molecule has 0 aliphatic rings. The molecule has 2 aromatic heterocycles. The highest BCUT2D eigenvalue weighted by Crippen LogP contribution is 1.96. The van der Waals surface area contributed by atoms with E-state index in [1.807, 2.05) is 17.8 Å². The van der Waals surface area contributed by atoms with Gasteiger partial charge in [-0.2, -0.15) is 0 Å². The number of aromatic nitrogens is 4. The quantitative estimate of drug-likeness (QED) is 0.581. The lowest BCUT2D eigenvalue weighted by Gasteiger charge is -1.86. The second-order valence-electron chi connectivity index (χ2n) is 2.25.